The molecule has 22 heavy (non-hydrogen) atoms. The summed E-state index contributed by atoms with van der Waals surface area (Å²) in [6, 6.07) is 0. The van der Waals surface area contributed by atoms with E-state index >= 15 is 0 Å². The second-order valence-corrected chi connectivity index (χ2v) is 7.32. The molecule has 0 aromatic heterocycles. The van der Waals surface area contributed by atoms with E-state index in [1.54, 1.807) is 6.08 Å². The van der Waals surface area contributed by atoms with Crippen molar-refractivity contribution in [3.63, 3.8) is 0 Å². The predicted octanol–water partition coefficient (Wildman–Crippen LogP) is 4.21. The minimum absolute atomic E-state index is 0.0635. The Hall–Kier alpha value is -1.64. The van der Waals surface area contributed by atoms with Crippen LogP contribution in [0.3, 0.4) is 0 Å². The third kappa shape index (κ3) is 2.94. The SMILES string of the molecule is C=CCC1C(=O)CC(OC(=O)C2C(C=C(C)C)C2(C)C)=C1C. The number of ketones is 1. The van der Waals surface area contributed by atoms with E-state index < -0.39 is 0 Å². The largest absolute Gasteiger partial charge is 0.430 e. The van der Waals surface area contributed by atoms with Gasteiger partial charge in [0.25, 0.3) is 0 Å². The number of carbonyl (C=O) groups excluding carboxylic acids is 2. The Morgan fingerprint density at radius 2 is 2.05 bits per heavy atom. The molecule has 120 valence electrons. The van der Waals surface area contributed by atoms with Gasteiger partial charge in [-0.2, -0.15) is 0 Å². The van der Waals surface area contributed by atoms with Crippen molar-refractivity contribution in [2.24, 2.45) is 23.2 Å². The number of rotatable bonds is 5. The number of esters is 1. The summed E-state index contributed by atoms with van der Waals surface area (Å²) in [5.74, 6) is 0.426. The number of ether oxygens (including phenoxy) is 1. The summed E-state index contributed by atoms with van der Waals surface area (Å²) in [4.78, 5) is 24.5. The summed E-state index contributed by atoms with van der Waals surface area (Å²) in [5, 5.41) is 0. The van der Waals surface area contributed by atoms with E-state index in [2.05, 4.69) is 26.5 Å². The molecule has 3 atom stereocenters. The van der Waals surface area contributed by atoms with Crippen molar-refractivity contribution in [2.75, 3.05) is 0 Å². The molecule has 0 bridgehead atoms. The molecule has 0 N–H and O–H groups in total. The Bertz CT molecular complexity index is 573. The summed E-state index contributed by atoms with van der Waals surface area (Å²) in [5.41, 5.74) is 2.03. The van der Waals surface area contributed by atoms with Crippen molar-refractivity contribution in [1.29, 1.82) is 0 Å². The average Bonchev–Trinajstić information content (AvgIpc) is 2.83. The molecule has 0 aromatic carbocycles. The van der Waals surface area contributed by atoms with Crippen LogP contribution in [0, 0.1) is 23.2 Å². The summed E-state index contributed by atoms with van der Waals surface area (Å²) < 4.78 is 5.60. The Labute approximate surface area is 133 Å². The standard InChI is InChI=1S/C19H26O3/c1-7-8-13-12(4)16(10-15(13)20)22-18(21)17-14(9-11(2)3)19(17,5)6/h7,9,13-14,17H,1,8,10H2,2-6H3. The Morgan fingerprint density at radius 1 is 1.41 bits per heavy atom. The molecule has 0 radical (unpaired) electrons. The van der Waals surface area contributed by atoms with Gasteiger partial charge in [-0.05, 0) is 44.1 Å². The van der Waals surface area contributed by atoms with E-state index in [1.807, 2.05) is 20.8 Å². The van der Waals surface area contributed by atoms with Crippen LogP contribution >= 0.6 is 0 Å². The fourth-order valence-electron chi connectivity index (χ4n) is 3.43. The maximum atomic E-state index is 12.5. The van der Waals surface area contributed by atoms with Crippen molar-refractivity contribution in [2.45, 2.75) is 47.5 Å². The topological polar surface area (TPSA) is 43.4 Å². The van der Waals surface area contributed by atoms with Gasteiger partial charge in [-0.1, -0.05) is 31.6 Å². The third-order valence-corrected chi connectivity index (χ3v) is 4.99. The maximum Gasteiger partial charge on any atom is 0.315 e. The first-order valence-corrected chi connectivity index (χ1v) is 7.90. The molecule has 0 heterocycles. The van der Waals surface area contributed by atoms with Gasteiger partial charge in [0.15, 0.2) is 0 Å². The molecule has 0 amide bonds. The van der Waals surface area contributed by atoms with Crippen LogP contribution in [0.15, 0.2) is 35.6 Å². The number of hydrogen-bond donors (Lipinski definition) is 0. The summed E-state index contributed by atoms with van der Waals surface area (Å²) in [6.45, 7) is 13.8. The highest BCUT2D eigenvalue weighted by atomic mass is 16.5. The van der Waals surface area contributed by atoms with E-state index in [9.17, 15) is 9.59 Å². The lowest BCUT2D eigenvalue weighted by molar-refractivity contribution is -0.142. The molecule has 0 spiro atoms. The highest BCUT2D eigenvalue weighted by molar-refractivity contribution is 5.90. The minimum Gasteiger partial charge on any atom is -0.430 e. The van der Waals surface area contributed by atoms with Crippen molar-refractivity contribution in [3.8, 4) is 0 Å². The average molecular weight is 302 g/mol. The lowest BCUT2D eigenvalue weighted by atomic mass is 9.98. The molecule has 1 fully saturated rings. The fourth-order valence-corrected chi connectivity index (χ4v) is 3.43. The molecule has 2 rings (SSSR count). The third-order valence-electron chi connectivity index (χ3n) is 4.99. The van der Waals surface area contributed by atoms with Crippen molar-refractivity contribution in [1.82, 2.24) is 0 Å². The predicted molar refractivity (Wildman–Crippen MR) is 86.9 cm³/mol. The van der Waals surface area contributed by atoms with Crippen LogP contribution < -0.4 is 0 Å². The molecule has 0 saturated heterocycles. The number of carbonyl (C=O) groups is 2. The van der Waals surface area contributed by atoms with Crippen LogP contribution in [0.25, 0.3) is 0 Å². The van der Waals surface area contributed by atoms with Gasteiger partial charge < -0.3 is 4.74 Å². The molecule has 2 aliphatic carbocycles. The quantitative estimate of drug-likeness (QED) is 0.564. The Morgan fingerprint density at radius 3 is 2.59 bits per heavy atom. The van der Waals surface area contributed by atoms with Gasteiger partial charge >= 0.3 is 5.97 Å². The highest BCUT2D eigenvalue weighted by Gasteiger charge is 2.61. The van der Waals surface area contributed by atoms with Gasteiger partial charge in [0, 0.05) is 5.92 Å². The normalized spacial score (nSPS) is 29.3. The van der Waals surface area contributed by atoms with Gasteiger partial charge in [-0.25, -0.2) is 0 Å². The Kier molecular flexibility index (Phi) is 4.46. The lowest BCUT2D eigenvalue weighted by Gasteiger charge is -2.08. The molecule has 0 aromatic rings. The molecular formula is C19H26O3. The molecule has 2 aliphatic rings. The Balaban J connectivity index is 2.09. The van der Waals surface area contributed by atoms with Gasteiger partial charge in [0.2, 0.25) is 0 Å². The van der Waals surface area contributed by atoms with Gasteiger partial charge in [0.05, 0.1) is 12.3 Å². The van der Waals surface area contributed by atoms with E-state index in [1.165, 1.54) is 5.57 Å². The molecule has 0 aliphatic heterocycles. The van der Waals surface area contributed by atoms with Crippen LogP contribution in [-0.2, 0) is 14.3 Å². The lowest BCUT2D eigenvalue weighted by Crippen LogP contribution is -2.10. The summed E-state index contributed by atoms with van der Waals surface area (Å²) in [6.07, 6.45) is 4.73. The first kappa shape index (κ1) is 16.7. The zero-order valence-corrected chi connectivity index (χ0v) is 14.2. The van der Waals surface area contributed by atoms with Gasteiger partial charge in [0.1, 0.15) is 11.5 Å². The van der Waals surface area contributed by atoms with Crippen LogP contribution in [0.1, 0.15) is 47.5 Å². The summed E-state index contributed by atoms with van der Waals surface area (Å²) >= 11 is 0. The van der Waals surface area contributed by atoms with Gasteiger partial charge in [-0.15, -0.1) is 6.58 Å². The van der Waals surface area contributed by atoms with E-state index in [-0.39, 0.29) is 41.3 Å². The molecule has 1 saturated carbocycles. The minimum atomic E-state index is -0.200. The van der Waals surface area contributed by atoms with Crippen molar-refractivity contribution >= 4 is 11.8 Å². The number of hydrogen-bond acceptors (Lipinski definition) is 3. The smallest absolute Gasteiger partial charge is 0.315 e. The van der Waals surface area contributed by atoms with Gasteiger partial charge in [-0.3, -0.25) is 9.59 Å². The van der Waals surface area contributed by atoms with Crippen LogP contribution in [0.2, 0.25) is 0 Å². The van der Waals surface area contributed by atoms with Crippen molar-refractivity contribution < 1.29 is 14.3 Å². The van der Waals surface area contributed by atoms with Crippen LogP contribution in [0.5, 0.6) is 0 Å². The first-order chi connectivity index (χ1) is 10.2. The zero-order valence-electron chi connectivity index (χ0n) is 14.2. The molecule has 3 unspecified atom stereocenters. The second-order valence-electron chi connectivity index (χ2n) is 7.32. The van der Waals surface area contributed by atoms with Crippen LogP contribution in [0.4, 0.5) is 0 Å². The van der Waals surface area contributed by atoms with E-state index in [0.29, 0.717) is 12.2 Å². The van der Waals surface area contributed by atoms with E-state index in [0.717, 1.165) is 5.57 Å². The van der Waals surface area contributed by atoms with E-state index in [4.69, 9.17) is 4.74 Å². The number of Topliss-reactive ketones (excluding diaryl/α,β-unsaturated/α-hetero) is 1. The monoisotopic (exact) mass is 302 g/mol. The number of allylic oxidation sites excluding steroid dienone is 5. The second kappa shape index (κ2) is 5.86. The highest BCUT2D eigenvalue weighted by Crippen LogP contribution is 2.60. The summed E-state index contributed by atoms with van der Waals surface area (Å²) in [7, 11) is 0. The maximum absolute atomic E-state index is 12.5. The molecule has 3 nitrogen and oxygen atoms in total. The van der Waals surface area contributed by atoms with Crippen molar-refractivity contribution in [3.05, 3.63) is 35.6 Å². The van der Waals surface area contributed by atoms with Crippen LogP contribution in [-0.4, -0.2) is 11.8 Å². The first-order valence-electron chi connectivity index (χ1n) is 7.90. The molecule has 3 heteroatoms. The fraction of sp³-hybridized carbons (Fsp3) is 0.579. The molecular weight excluding hydrogens is 276 g/mol. The zero-order chi connectivity index (χ0) is 16.7.